The van der Waals surface area contributed by atoms with E-state index < -0.39 is 0 Å². The molecule has 0 atom stereocenters. The Bertz CT molecular complexity index is 565. The maximum Gasteiger partial charge on any atom is 0.0346 e. The third-order valence-electron chi connectivity index (χ3n) is 4.34. The van der Waals surface area contributed by atoms with Gasteiger partial charge in [-0.1, -0.05) is 43.7 Å². The topological polar surface area (TPSA) is 26.0 Å². The van der Waals surface area contributed by atoms with Crippen molar-refractivity contribution in [1.29, 1.82) is 0 Å². The molecule has 3 rings (SSSR count). The van der Waals surface area contributed by atoms with Crippen LogP contribution in [-0.2, 0) is 6.42 Å². The standard InChI is InChI=1S/C18H21N/c1-2-13-12-17(10-11-18(13)19)16-8-6-15(7-9-16)14-4-3-5-14/h6-12,14H,2-5,19H2,1H3. The second-order valence-electron chi connectivity index (χ2n) is 5.52. The van der Waals surface area contributed by atoms with E-state index in [9.17, 15) is 0 Å². The van der Waals surface area contributed by atoms with Crippen molar-refractivity contribution in [2.24, 2.45) is 0 Å². The number of nitrogen functional groups attached to an aromatic ring is 1. The largest absolute Gasteiger partial charge is 0.399 e. The summed E-state index contributed by atoms with van der Waals surface area (Å²) in [5, 5.41) is 0. The van der Waals surface area contributed by atoms with Crippen molar-refractivity contribution < 1.29 is 0 Å². The molecule has 19 heavy (non-hydrogen) atoms. The van der Waals surface area contributed by atoms with Crippen LogP contribution in [0.2, 0.25) is 0 Å². The molecule has 1 heteroatoms. The van der Waals surface area contributed by atoms with Gasteiger partial charge in [0.1, 0.15) is 0 Å². The Labute approximate surface area is 115 Å². The summed E-state index contributed by atoms with van der Waals surface area (Å²) >= 11 is 0. The Morgan fingerprint density at radius 2 is 1.68 bits per heavy atom. The van der Waals surface area contributed by atoms with Gasteiger partial charge in [-0.15, -0.1) is 0 Å². The van der Waals surface area contributed by atoms with E-state index in [1.807, 2.05) is 6.07 Å². The first-order chi connectivity index (χ1) is 9.28. The highest BCUT2D eigenvalue weighted by atomic mass is 14.6. The Morgan fingerprint density at radius 3 is 2.26 bits per heavy atom. The van der Waals surface area contributed by atoms with Crippen LogP contribution in [-0.4, -0.2) is 0 Å². The van der Waals surface area contributed by atoms with Crippen LogP contribution in [0.3, 0.4) is 0 Å². The van der Waals surface area contributed by atoms with Crippen LogP contribution in [0.1, 0.15) is 43.2 Å². The van der Waals surface area contributed by atoms with Gasteiger partial charge in [0, 0.05) is 5.69 Å². The minimum Gasteiger partial charge on any atom is -0.399 e. The number of aryl methyl sites for hydroxylation is 1. The molecule has 2 N–H and O–H groups in total. The molecule has 0 spiro atoms. The zero-order valence-electron chi connectivity index (χ0n) is 11.5. The average Bonchev–Trinajstić information content (AvgIpc) is 2.38. The normalized spacial score (nSPS) is 15.2. The van der Waals surface area contributed by atoms with Crippen molar-refractivity contribution in [1.82, 2.24) is 0 Å². The Kier molecular flexibility index (Phi) is 3.29. The summed E-state index contributed by atoms with van der Waals surface area (Å²) in [6.45, 7) is 2.15. The van der Waals surface area contributed by atoms with E-state index in [1.165, 1.54) is 41.5 Å². The maximum absolute atomic E-state index is 5.97. The fourth-order valence-corrected chi connectivity index (χ4v) is 2.78. The molecule has 1 fully saturated rings. The first-order valence-corrected chi connectivity index (χ1v) is 7.26. The smallest absolute Gasteiger partial charge is 0.0346 e. The first-order valence-electron chi connectivity index (χ1n) is 7.26. The minimum atomic E-state index is 0.812. The van der Waals surface area contributed by atoms with Crippen molar-refractivity contribution in [2.45, 2.75) is 38.5 Å². The monoisotopic (exact) mass is 251 g/mol. The van der Waals surface area contributed by atoms with Crippen LogP contribution < -0.4 is 5.73 Å². The summed E-state index contributed by atoms with van der Waals surface area (Å²) in [7, 11) is 0. The molecular formula is C18H21N. The highest BCUT2D eigenvalue weighted by molar-refractivity contribution is 5.68. The zero-order valence-corrected chi connectivity index (χ0v) is 11.5. The van der Waals surface area contributed by atoms with Crippen LogP contribution in [0.25, 0.3) is 11.1 Å². The number of hydrogen-bond donors (Lipinski definition) is 1. The first kappa shape index (κ1) is 12.3. The quantitative estimate of drug-likeness (QED) is 0.781. The molecule has 1 aliphatic carbocycles. The lowest BCUT2D eigenvalue weighted by atomic mass is 9.80. The second kappa shape index (κ2) is 5.08. The average molecular weight is 251 g/mol. The van der Waals surface area contributed by atoms with Crippen molar-refractivity contribution >= 4 is 5.69 Å². The molecule has 0 heterocycles. The van der Waals surface area contributed by atoms with Gasteiger partial charge in [-0.05, 0) is 59.6 Å². The fourth-order valence-electron chi connectivity index (χ4n) is 2.78. The van der Waals surface area contributed by atoms with Crippen LogP contribution in [0.4, 0.5) is 5.69 Å². The highest BCUT2D eigenvalue weighted by Crippen LogP contribution is 2.37. The van der Waals surface area contributed by atoms with Gasteiger partial charge in [0.05, 0.1) is 0 Å². The third-order valence-corrected chi connectivity index (χ3v) is 4.34. The number of benzene rings is 2. The van der Waals surface area contributed by atoms with Gasteiger partial charge in [0.2, 0.25) is 0 Å². The molecule has 0 radical (unpaired) electrons. The van der Waals surface area contributed by atoms with E-state index >= 15 is 0 Å². The van der Waals surface area contributed by atoms with Gasteiger partial charge in [-0.3, -0.25) is 0 Å². The number of nitrogens with two attached hydrogens (primary N) is 1. The lowest BCUT2D eigenvalue weighted by Crippen LogP contribution is -2.08. The summed E-state index contributed by atoms with van der Waals surface area (Å²) in [5.74, 6) is 0.812. The van der Waals surface area contributed by atoms with Crippen molar-refractivity contribution in [3.8, 4) is 11.1 Å². The molecule has 1 aliphatic rings. The molecule has 1 saturated carbocycles. The number of hydrogen-bond acceptors (Lipinski definition) is 1. The molecule has 0 amide bonds. The fraction of sp³-hybridized carbons (Fsp3) is 0.333. The number of anilines is 1. The van der Waals surface area contributed by atoms with Crippen LogP contribution >= 0.6 is 0 Å². The predicted molar refractivity (Wildman–Crippen MR) is 82.3 cm³/mol. The molecule has 0 unspecified atom stereocenters. The van der Waals surface area contributed by atoms with E-state index in [0.29, 0.717) is 0 Å². The summed E-state index contributed by atoms with van der Waals surface area (Å²) in [5.41, 5.74) is 12.2. The Morgan fingerprint density at radius 1 is 1.00 bits per heavy atom. The van der Waals surface area contributed by atoms with E-state index in [0.717, 1.165) is 18.0 Å². The lowest BCUT2D eigenvalue weighted by molar-refractivity contribution is 0.420. The SMILES string of the molecule is CCc1cc(-c2ccc(C3CCC3)cc2)ccc1N. The summed E-state index contributed by atoms with van der Waals surface area (Å²) in [6.07, 6.45) is 5.10. The van der Waals surface area contributed by atoms with Gasteiger partial charge in [-0.2, -0.15) is 0 Å². The highest BCUT2D eigenvalue weighted by Gasteiger charge is 2.18. The lowest BCUT2D eigenvalue weighted by Gasteiger charge is -2.25. The van der Waals surface area contributed by atoms with Gasteiger partial charge in [0.15, 0.2) is 0 Å². The van der Waals surface area contributed by atoms with Gasteiger partial charge in [-0.25, -0.2) is 0 Å². The second-order valence-corrected chi connectivity index (χ2v) is 5.52. The van der Waals surface area contributed by atoms with Crippen molar-refractivity contribution in [2.75, 3.05) is 5.73 Å². The number of rotatable bonds is 3. The van der Waals surface area contributed by atoms with Crippen molar-refractivity contribution in [3.05, 3.63) is 53.6 Å². The van der Waals surface area contributed by atoms with E-state index in [4.69, 9.17) is 5.73 Å². The zero-order chi connectivity index (χ0) is 13.2. The van der Waals surface area contributed by atoms with Crippen LogP contribution in [0.15, 0.2) is 42.5 Å². The van der Waals surface area contributed by atoms with Crippen molar-refractivity contribution in [3.63, 3.8) is 0 Å². The van der Waals surface area contributed by atoms with Gasteiger partial charge in [0.25, 0.3) is 0 Å². The Hall–Kier alpha value is -1.76. The molecule has 98 valence electrons. The molecule has 2 aromatic carbocycles. The van der Waals surface area contributed by atoms with Gasteiger partial charge < -0.3 is 5.73 Å². The molecule has 0 aromatic heterocycles. The molecule has 2 aromatic rings. The van der Waals surface area contributed by atoms with Crippen LogP contribution in [0.5, 0.6) is 0 Å². The summed E-state index contributed by atoms with van der Waals surface area (Å²) in [4.78, 5) is 0. The van der Waals surface area contributed by atoms with E-state index in [-0.39, 0.29) is 0 Å². The van der Waals surface area contributed by atoms with Gasteiger partial charge >= 0.3 is 0 Å². The summed E-state index contributed by atoms with van der Waals surface area (Å²) in [6, 6.07) is 15.4. The molecule has 0 aliphatic heterocycles. The molecule has 1 nitrogen and oxygen atoms in total. The van der Waals surface area contributed by atoms with E-state index in [1.54, 1.807) is 0 Å². The predicted octanol–water partition coefficient (Wildman–Crippen LogP) is 4.77. The minimum absolute atomic E-state index is 0.812. The van der Waals surface area contributed by atoms with E-state index in [2.05, 4.69) is 43.3 Å². The maximum atomic E-state index is 5.97. The third kappa shape index (κ3) is 2.37. The Balaban J connectivity index is 1.88. The van der Waals surface area contributed by atoms with Crippen LogP contribution in [0, 0.1) is 0 Å². The molecule has 0 saturated heterocycles. The summed E-state index contributed by atoms with van der Waals surface area (Å²) < 4.78 is 0. The molecule has 0 bridgehead atoms. The molecular weight excluding hydrogens is 230 g/mol.